The highest BCUT2D eigenvalue weighted by Crippen LogP contribution is 2.32. The van der Waals surface area contributed by atoms with Gasteiger partial charge in [-0.3, -0.25) is 0 Å². The Hall–Kier alpha value is -0.800. The number of phenolic OH excluding ortho intramolecular Hbond substituents is 1. The van der Waals surface area contributed by atoms with E-state index in [4.69, 9.17) is 11.6 Å². The molecular formula is C9H6ClFOS. The van der Waals surface area contributed by atoms with Crippen LogP contribution in [0.3, 0.4) is 0 Å². The number of halogens is 2. The minimum Gasteiger partial charge on any atom is -0.507 e. The zero-order valence-electron chi connectivity index (χ0n) is 6.55. The molecule has 2 aromatic rings. The maximum absolute atomic E-state index is 12.8. The summed E-state index contributed by atoms with van der Waals surface area (Å²) in [4.78, 5) is 0. The lowest BCUT2D eigenvalue weighted by molar-refractivity contribution is 0.481. The summed E-state index contributed by atoms with van der Waals surface area (Å²) in [6.45, 7) is 0. The van der Waals surface area contributed by atoms with Crippen molar-refractivity contribution in [1.82, 2.24) is 0 Å². The summed E-state index contributed by atoms with van der Waals surface area (Å²) < 4.78 is 13.5. The zero-order chi connectivity index (χ0) is 9.42. The molecule has 68 valence electrons. The lowest BCUT2D eigenvalue weighted by atomic mass is 10.2. The SMILES string of the molecule is Oc1cc(CCl)cc2sc(F)cc12. The molecule has 0 saturated heterocycles. The fraction of sp³-hybridized carbons (Fsp3) is 0.111. The van der Waals surface area contributed by atoms with Gasteiger partial charge in [-0.05, 0) is 23.8 Å². The molecule has 1 aromatic heterocycles. The van der Waals surface area contributed by atoms with E-state index in [-0.39, 0.29) is 10.9 Å². The molecule has 0 amide bonds. The molecule has 1 aromatic carbocycles. The Labute approximate surface area is 83.4 Å². The van der Waals surface area contributed by atoms with E-state index in [1.807, 2.05) is 0 Å². The molecule has 0 fully saturated rings. The highest BCUT2D eigenvalue weighted by molar-refractivity contribution is 7.17. The molecule has 0 aliphatic heterocycles. The van der Waals surface area contributed by atoms with E-state index in [9.17, 15) is 9.50 Å². The van der Waals surface area contributed by atoms with Crippen molar-refractivity contribution in [2.75, 3.05) is 0 Å². The van der Waals surface area contributed by atoms with Crippen molar-refractivity contribution >= 4 is 33.0 Å². The van der Waals surface area contributed by atoms with Gasteiger partial charge in [-0.25, -0.2) is 0 Å². The van der Waals surface area contributed by atoms with Crippen LogP contribution in [0, 0.1) is 5.13 Å². The third-order valence-electron chi connectivity index (χ3n) is 1.80. The van der Waals surface area contributed by atoms with Crippen LogP contribution in [0.15, 0.2) is 18.2 Å². The second kappa shape index (κ2) is 3.16. The van der Waals surface area contributed by atoms with Crippen molar-refractivity contribution < 1.29 is 9.50 Å². The molecule has 0 saturated carbocycles. The maximum atomic E-state index is 12.8. The van der Waals surface area contributed by atoms with Crippen LogP contribution in [0.2, 0.25) is 0 Å². The van der Waals surface area contributed by atoms with Crippen LogP contribution >= 0.6 is 22.9 Å². The minimum absolute atomic E-state index is 0.0910. The molecule has 13 heavy (non-hydrogen) atoms. The van der Waals surface area contributed by atoms with Gasteiger partial charge in [-0.15, -0.1) is 22.9 Å². The van der Waals surface area contributed by atoms with E-state index in [1.165, 1.54) is 6.07 Å². The van der Waals surface area contributed by atoms with Gasteiger partial charge in [0.15, 0.2) is 5.13 Å². The van der Waals surface area contributed by atoms with Crippen molar-refractivity contribution in [3.63, 3.8) is 0 Å². The number of benzene rings is 1. The number of hydrogen-bond donors (Lipinski definition) is 1. The Balaban J connectivity index is 2.75. The van der Waals surface area contributed by atoms with Gasteiger partial charge in [0, 0.05) is 16.0 Å². The number of alkyl halides is 1. The second-order valence-corrected chi connectivity index (χ2v) is 4.01. The van der Waals surface area contributed by atoms with Gasteiger partial charge in [-0.2, -0.15) is 4.39 Å². The first-order valence-corrected chi connectivity index (χ1v) is 5.02. The number of aromatic hydroxyl groups is 1. The first kappa shape index (κ1) is 8.78. The summed E-state index contributed by atoms with van der Waals surface area (Å²) >= 11 is 6.62. The van der Waals surface area contributed by atoms with Crippen LogP contribution < -0.4 is 0 Å². The Morgan fingerprint density at radius 3 is 2.85 bits per heavy atom. The normalized spacial score (nSPS) is 10.9. The van der Waals surface area contributed by atoms with Crippen molar-refractivity contribution in [2.45, 2.75) is 5.88 Å². The van der Waals surface area contributed by atoms with E-state index in [1.54, 1.807) is 12.1 Å². The fourth-order valence-electron chi connectivity index (χ4n) is 1.22. The summed E-state index contributed by atoms with van der Waals surface area (Å²) in [5.74, 6) is 0.413. The third kappa shape index (κ3) is 1.49. The average molecular weight is 217 g/mol. The molecule has 0 bridgehead atoms. The molecule has 0 aliphatic carbocycles. The molecular weight excluding hydrogens is 211 g/mol. The van der Waals surface area contributed by atoms with Gasteiger partial charge < -0.3 is 5.11 Å². The van der Waals surface area contributed by atoms with Gasteiger partial charge in [0.25, 0.3) is 0 Å². The van der Waals surface area contributed by atoms with Crippen molar-refractivity contribution in [2.24, 2.45) is 0 Å². The topological polar surface area (TPSA) is 20.2 Å². The summed E-state index contributed by atoms with van der Waals surface area (Å²) in [7, 11) is 0. The van der Waals surface area contributed by atoms with Gasteiger partial charge in [0.1, 0.15) is 5.75 Å². The standard InChI is InChI=1S/C9H6ClFOS/c10-4-5-1-7(12)6-3-9(11)13-8(6)2-5/h1-3,12H,4H2. The van der Waals surface area contributed by atoms with Crippen LogP contribution in [-0.2, 0) is 5.88 Å². The first-order valence-electron chi connectivity index (χ1n) is 3.67. The Bertz CT molecular complexity index is 452. The van der Waals surface area contributed by atoms with Gasteiger partial charge in [0.05, 0.1) is 0 Å². The molecule has 1 nitrogen and oxygen atoms in total. The maximum Gasteiger partial charge on any atom is 0.177 e. The first-order chi connectivity index (χ1) is 6.20. The molecule has 1 heterocycles. The predicted molar refractivity (Wildman–Crippen MR) is 53.0 cm³/mol. The summed E-state index contributed by atoms with van der Waals surface area (Å²) in [6, 6.07) is 4.67. The largest absolute Gasteiger partial charge is 0.507 e. The van der Waals surface area contributed by atoms with E-state index in [0.717, 1.165) is 21.6 Å². The summed E-state index contributed by atoms with van der Waals surface area (Å²) in [5.41, 5.74) is 0.800. The van der Waals surface area contributed by atoms with Crippen molar-refractivity contribution in [3.05, 3.63) is 28.9 Å². The number of rotatable bonds is 1. The van der Waals surface area contributed by atoms with Crippen LogP contribution in [0.4, 0.5) is 4.39 Å². The lowest BCUT2D eigenvalue weighted by Crippen LogP contribution is -1.76. The van der Waals surface area contributed by atoms with Crippen molar-refractivity contribution in [1.29, 1.82) is 0 Å². The van der Waals surface area contributed by atoms with Gasteiger partial charge in [-0.1, -0.05) is 0 Å². The molecule has 0 atom stereocenters. The molecule has 4 heteroatoms. The number of hydrogen-bond acceptors (Lipinski definition) is 2. The number of thiophene rings is 1. The number of fused-ring (bicyclic) bond motifs is 1. The average Bonchev–Trinajstić information content (AvgIpc) is 2.46. The fourth-order valence-corrected chi connectivity index (χ4v) is 2.25. The molecule has 1 N–H and O–H groups in total. The van der Waals surface area contributed by atoms with Crippen LogP contribution in [0.5, 0.6) is 5.75 Å². The highest BCUT2D eigenvalue weighted by Gasteiger charge is 2.06. The predicted octanol–water partition coefficient (Wildman–Crippen LogP) is 3.48. The Morgan fingerprint density at radius 1 is 1.38 bits per heavy atom. The Kier molecular flexibility index (Phi) is 2.14. The zero-order valence-corrected chi connectivity index (χ0v) is 8.12. The van der Waals surface area contributed by atoms with Crippen LogP contribution in [0.1, 0.15) is 5.56 Å². The van der Waals surface area contributed by atoms with Crippen LogP contribution in [0.25, 0.3) is 10.1 Å². The highest BCUT2D eigenvalue weighted by atomic mass is 35.5. The van der Waals surface area contributed by atoms with Crippen molar-refractivity contribution in [3.8, 4) is 5.75 Å². The molecule has 2 rings (SSSR count). The quantitative estimate of drug-likeness (QED) is 0.724. The van der Waals surface area contributed by atoms with Gasteiger partial charge >= 0.3 is 0 Å². The molecule has 0 aliphatic rings. The monoisotopic (exact) mass is 216 g/mol. The lowest BCUT2D eigenvalue weighted by Gasteiger charge is -1.98. The van der Waals surface area contributed by atoms with Gasteiger partial charge in [0.2, 0.25) is 0 Å². The smallest absolute Gasteiger partial charge is 0.177 e. The molecule has 0 unspecified atom stereocenters. The molecule has 0 spiro atoms. The van der Waals surface area contributed by atoms with E-state index < -0.39 is 0 Å². The van der Waals surface area contributed by atoms with Crippen LogP contribution in [-0.4, -0.2) is 5.11 Å². The molecule has 0 radical (unpaired) electrons. The van der Waals surface area contributed by atoms with E-state index >= 15 is 0 Å². The Morgan fingerprint density at radius 2 is 2.15 bits per heavy atom. The number of phenols is 1. The summed E-state index contributed by atoms with van der Waals surface area (Å²) in [5, 5.41) is 9.74. The second-order valence-electron chi connectivity index (χ2n) is 2.71. The van der Waals surface area contributed by atoms with E-state index in [2.05, 4.69) is 0 Å². The minimum atomic E-state index is -0.294. The third-order valence-corrected chi connectivity index (χ3v) is 2.98. The van der Waals surface area contributed by atoms with E-state index in [0.29, 0.717) is 11.3 Å². The summed E-state index contributed by atoms with van der Waals surface area (Å²) in [6.07, 6.45) is 0.